The summed E-state index contributed by atoms with van der Waals surface area (Å²) in [4.78, 5) is 2.58. The van der Waals surface area contributed by atoms with Crippen LogP contribution in [0.3, 0.4) is 0 Å². The van der Waals surface area contributed by atoms with E-state index < -0.39 is 10.0 Å². The van der Waals surface area contributed by atoms with Crippen LogP contribution < -0.4 is 4.72 Å². The smallest absolute Gasteiger partial charge is 0.241 e. The van der Waals surface area contributed by atoms with Crippen molar-refractivity contribution < 1.29 is 8.42 Å². The van der Waals surface area contributed by atoms with Gasteiger partial charge in [0.1, 0.15) is 0 Å². The van der Waals surface area contributed by atoms with Crippen molar-refractivity contribution in [3.63, 3.8) is 0 Å². The van der Waals surface area contributed by atoms with E-state index in [2.05, 4.69) is 9.62 Å². The van der Waals surface area contributed by atoms with E-state index >= 15 is 0 Å². The average Bonchev–Trinajstić information content (AvgIpc) is 2.60. The molecule has 1 aliphatic heterocycles. The van der Waals surface area contributed by atoms with E-state index in [1.54, 1.807) is 0 Å². The Morgan fingerprint density at radius 3 is 2.26 bits per heavy atom. The van der Waals surface area contributed by atoms with Gasteiger partial charge in [-0.25, -0.2) is 13.1 Å². The van der Waals surface area contributed by atoms with Gasteiger partial charge >= 0.3 is 0 Å². The van der Waals surface area contributed by atoms with E-state index in [0.717, 1.165) is 36.2 Å². The fourth-order valence-corrected chi connectivity index (χ4v) is 4.61. The van der Waals surface area contributed by atoms with Crippen molar-refractivity contribution in [1.82, 2.24) is 9.62 Å². The molecule has 1 aliphatic rings. The molecule has 1 atom stereocenters. The molecule has 0 radical (unpaired) electrons. The Hall–Kier alpha value is -0.910. The fraction of sp³-hybridized carbons (Fsp3) is 0.571. The maximum Gasteiger partial charge on any atom is 0.241 e. The maximum atomic E-state index is 12.5. The first-order valence-corrected chi connectivity index (χ1v) is 8.06. The molecule has 0 aliphatic carbocycles. The number of rotatable bonds is 3. The molecule has 0 spiro atoms. The molecule has 5 heteroatoms. The number of hydrogen-bond acceptors (Lipinski definition) is 3. The zero-order valence-corrected chi connectivity index (χ0v) is 12.8. The third-order valence-electron chi connectivity index (χ3n) is 3.59. The number of nitrogens with one attached hydrogen (secondary N) is 1. The maximum absolute atomic E-state index is 12.5. The van der Waals surface area contributed by atoms with Crippen molar-refractivity contribution >= 4 is 10.0 Å². The highest BCUT2D eigenvalue weighted by Crippen LogP contribution is 2.22. The third-order valence-corrected chi connectivity index (χ3v) is 5.41. The lowest BCUT2D eigenvalue weighted by Gasteiger charge is -2.17. The van der Waals surface area contributed by atoms with Crippen LogP contribution in [-0.4, -0.2) is 39.5 Å². The van der Waals surface area contributed by atoms with Crippen LogP contribution in [0.1, 0.15) is 23.1 Å². The Kier molecular flexibility index (Phi) is 3.99. The lowest BCUT2D eigenvalue weighted by Crippen LogP contribution is -2.37. The Morgan fingerprint density at radius 1 is 1.21 bits per heavy atom. The second-order valence-corrected chi connectivity index (χ2v) is 7.25. The van der Waals surface area contributed by atoms with Gasteiger partial charge in [0.05, 0.1) is 4.90 Å². The van der Waals surface area contributed by atoms with E-state index in [0.29, 0.717) is 4.90 Å². The van der Waals surface area contributed by atoms with Crippen molar-refractivity contribution in [2.75, 3.05) is 20.1 Å². The highest BCUT2D eigenvalue weighted by molar-refractivity contribution is 7.89. The molecule has 106 valence electrons. The van der Waals surface area contributed by atoms with Crippen LogP contribution in [0.25, 0.3) is 0 Å². The quantitative estimate of drug-likeness (QED) is 0.916. The molecule has 19 heavy (non-hydrogen) atoms. The van der Waals surface area contributed by atoms with Gasteiger partial charge in [0, 0.05) is 12.6 Å². The molecule has 1 unspecified atom stereocenters. The Balaban J connectivity index is 2.30. The molecule has 4 nitrogen and oxygen atoms in total. The van der Waals surface area contributed by atoms with Crippen LogP contribution >= 0.6 is 0 Å². The second-order valence-electron chi connectivity index (χ2n) is 5.60. The number of aryl methyl sites for hydroxylation is 3. The van der Waals surface area contributed by atoms with E-state index in [-0.39, 0.29) is 6.04 Å². The van der Waals surface area contributed by atoms with Gasteiger partial charge in [0.2, 0.25) is 10.0 Å². The fourth-order valence-electron chi connectivity index (χ4n) is 2.90. The molecular weight excluding hydrogens is 260 g/mol. The van der Waals surface area contributed by atoms with Gasteiger partial charge in [0.25, 0.3) is 0 Å². The predicted molar refractivity (Wildman–Crippen MR) is 76.9 cm³/mol. The van der Waals surface area contributed by atoms with Crippen LogP contribution in [0.4, 0.5) is 0 Å². The normalized spacial score (nSPS) is 20.9. The molecule has 1 aromatic rings. The predicted octanol–water partition coefficient (Wildman–Crippen LogP) is 1.59. The van der Waals surface area contributed by atoms with E-state index in [9.17, 15) is 8.42 Å². The van der Waals surface area contributed by atoms with Crippen LogP contribution in [-0.2, 0) is 10.0 Å². The van der Waals surface area contributed by atoms with Gasteiger partial charge in [-0.3, -0.25) is 0 Å². The summed E-state index contributed by atoms with van der Waals surface area (Å²) in [7, 11) is -1.41. The number of sulfonamides is 1. The Bertz CT molecular complexity index is 558. The minimum absolute atomic E-state index is 0.0232. The number of benzene rings is 1. The molecule has 1 heterocycles. The molecule has 1 N–H and O–H groups in total. The number of hydrogen-bond donors (Lipinski definition) is 1. The molecule has 1 aromatic carbocycles. The highest BCUT2D eigenvalue weighted by atomic mass is 32.2. The first kappa shape index (κ1) is 14.5. The summed E-state index contributed by atoms with van der Waals surface area (Å²) in [5, 5.41) is 0. The van der Waals surface area contributed by atoms with Crippen molar-refractivity contribution in [3.05, 3.63) is 28.8 Å². The third kappa shape index (κ3) is 3.16. The van der Waals surface area contributed by atoms with E-state index in [1.807, 2.05) is 40.0 Å². The molecule has 0 aromatic heterocycles. The van der Waals surface area contributed by atoms with Gasteiger partial charge in [-0.1, -0.05) is 17.7 Å². The van der Waals surface area contributed by atoms with Crippen LogP contribution in [0.2, 0.25) is 0 Å². The largest absolute Gasteiger partial charge is 0.305 e. The zero-order chi connectivity index (χ0) is 14.2. The minimum Gasteiger partial charge on any atom is -0.305 e. The number of likely N-dealkylation sites (tertiary alicyclic amines) is 1. The van der Waals surface area contributed by atoms with Crippen LogP contribution in [0, 0.1) is 20.8 Å². The summed E-state index contributed by atoms with van der Waals surface area (Å²) in [6.07, 6.45) is 0.875. The topological polar surface area (TPSA) is 49.4 Å². The molecule has 1 fully saturated rings. The number of likely N-dealkylation sites (N-methyl/N-ethyl adjacent to an activating group) is 1. The second kappa shape index (κ2) is 5.23. The SMILES string of the molecule is Cc1cc(C)c(S(=O)(=O)NC2CCN(C)C2)c(C)c1. The first-order chi connectivity index (χ1) is 8.79. The molecule has 0 saturated carbocycles. The summed E-state index contributed by atoms with van der Waals surface area (Å²) in [5.41, 5.74) is 2.72. The molecule has 2 rings (SSSR count). The van der Waals surface area contributed by atoms with Crippen LogP contribution in [0.15, 0.2) is 17.0 Å². The van der Waals surface area contributed by atoms with E-state index in [1.165, 1.54) is 0 Å². The zero-order valence-electron chi connectivity index (χ0n) is 12.0. The van der Waals surface area contributed by atoms with Gasteiger partial charge in [-0.05, 0) is 51.9 Å². The minimum atomic E-state index is -3.42. The molecule has 0 amide bonds. The lowest BCUT2D eigenvalue weighted by atomic mass is 10.1. The van der Waals surface area contributed by atoms with Gasteiger partial charge < -0.3 is 4.90 Å². The van der Waals surface area contributed by atoms with Crippen LogP contribution in [0.5, 0.6) is 0 Å². The summed E-state index contributed by atoms with van der Waals surface area (Å²) in [5.74, 6) is 0. The van der Waals surface area contributed by atoms with Gasteiger partial charge in [0.15, 0.2) is 0 Å². The molecule has 0 bridgehead atoms. The summed E-state index contributed by atoms with van der Waals surface area (Å²) >= 11 is 0. The molecular formula is C14H22N2O2S. The summed E-state index contributed by atoms with van der Waals surface area (Å²) < 4.78 is 27.9. The lowest BCUT2D eigenvalue weighted by molar-refractivity contribution is 0.407. The van der Waals surface area contributed by atoms with Gasteiger partial charge in [-0.2, -0.15) is 0 Å². The average molecular weight is 282 g/mol. The Morgan fingerprint density at radius 2 is 1.79 bits per heavy atom. The van der Waals surface area contributed by atoms with Gasteiger partial charge in [-0.15, -0.1) is 0 Å². The van der Waals surface area contributed by atoms with Crippen molar-refractivity contribution in [2.45, 2.75) is 38.1 Å². The standard InChI is InChI=1S/C14H22N2O2S/c1-10-7-11(2)14(12(3)8-10)19(17,18)15-13-5-6-16(4)9-13/h7-8,13,15H,5-6,9H2,1-4H3. The summed E-state index contributed by atoms with van der Waals surface area (Å²) in [6.45, 7) is 7.42. The van der Waals surface area contributed by atoms with Crippen molar-refractivity contribution in [3.8, 4) is 0 Å². The van der Waals surface area contributed by atoms with Crippen molar-refractivity contribution in [1.29, 1.82) is 0 Å². The van der Waals surface area contributed by atoms with E-state index in [4.69, 9.17) is 0 Å². The van der Waals surface area contributed by atoms with Crippen molar-refractivity contribution in [2.24, 2.45) is 0 Å². The monoisotopic (exact) mass is 282 g/mol. The highest BCUT2D eigenvalue weighted by Gasteiger charge is 2.27. The number of nitrogens with zero attached hydrogens (tertiary/aromatic N) is 1. The first-order valence-electron chi connectivity index (χ1n) is 6.58. The molecule has 1 saturated heterocycles. The summed E-state index contributed by atoms with van der Waals surface area (Å²) in [6, 6.07) is 3.86. The Labute approximate surface area is 115 Å².